The molecule has 0 aromatic rings. The Morgan fingerprint density at radius 2 is 1.93 bits per heavy atom. The highest BCUT2D eigenvalue weighted by Crippen LogP contribution is 2.09. The zero-order valence-corrected chi connectivity index (χ0v) is 9.39. The van der Waals surface area contributed by atoms with Crippen molar-refractivity contribution in [1.82, 2.24) is 10.6 Å². The Hall–Kier alpha value is -1.57. The van der Waals surface area contributed by atoms with Gasteiger partial charge in [-0.05, 0) is 20.3 Å². The molecule has 2 N–H and O–H groups in total. The highest BCUT2D eigenvalue weighted by molar-refractivity contribution is 6.35. The van der Waals surface area contributed by atoms with E-state index < -0.39 is 17.4 Å². The molecule has 0 saturated heterocycles. The number of nitrogens with zero attached hydrogens (tertiary/aromatic N) is 1. The van der Waals surface area contributed by atoms with Crippen LogP contribution in [-0.2, 0) is 9.59 Å². The Kier molecular flexibility index (Phi) is 5.39. The molecular formula is C10H17N3O2. The van der Waals surface area contributed by atoms with Crippen molar-refractivity contribution in [3.8, 4) is 6.07 Å². The maximum absolute atomic E-state index is 11.3. The number of amides is 2. The van der Waals surface area contributed by atoms with Crippen molar-refractivity contribution >= 4 is 11.8 Å². The molecule has 0 unspecified atom stereocenters. The number of nitriles is 1. The van der Waals surface area contributed by atoms with Crippen LogP contribution in [0.3, 0.4) is 0 Å². The Bertz CT molecular complexity index is 279. The summed E-state index contributed by atoms with van der Waals surface area (Å²) in [6.07, 6.45) is 1.72. The molecule has 84 valence electrons. The summed E-state index contributed by atoms with van der Waals surface area (Å²) in [6.45, 7) is 5.56. The van der Waals surface area contributed by atoms with E-state index in [0.717, 1.165) is 12.8 Å². The van der Waals surface area contributed by atoms with Crippen molar-refractivity contribution in [2.45, 2.75) is 39.2 Å². The SMILES string of the molecule is CCCC(C)(C)NC(=O)C(=O)NCC#N. The molecule has 15 heavy (non-hydrogen) atoms. The molecule has 0 heterocycles. The fraction of sp³-hybridized carbons (Fsp3) is 0.700. The van der Waals surface area contributed by atoms with Crippen molar-refractivity contribution in [2.24, 2.45) is 0 Å². The number of carbonyl (C=O) groups is 2. The molecule has 0 aliphatic rings. The molecule has 0 saturated carbocycles. The van der Waals surface area contributed by atoms with E-state index in [2.05, 4.69) is 10.6 Å². The lowest BCUT2D eigenvalue weighted by molar-refractivity contribution is -0.140. The van der Waals surface area contributed by atoms with Gasteiger partial charge in [0.2, 0.25) is 0 Å². The molecule has 0 fully saturated rings. The second-order valence-corrected chi connectivity index (χ2v) is 3.93. The van der Waals surface area contributed by atoms with Crippen LogP contribution in [0.15, 0.2) is 0 Å². The zero-order chi connectivity index (χ0) is 11.9. The van der Waals surface area contributed by atoms with Crippen LogP contribution in [0.4, 0.5) is 0 Å². The Morgan fingerprint density at radius 3 is 2.40 bits per heavy atom. The largest absolute Gasteiger partial charge is 0.343 e. The first kappa shape index (κ1) is 13.4. The molecule has 0 atom stereocenters. The van der Waals surface area contributed by atoms with Gasteiger partial charge in [0.05, 0.1) is 6.07 Å². The van der Waals surface area contributed by atoms with E-state index in [1.165, 1.54) is 0 Å². The number of hydrogen-bond donors (Lipinski definition) is 2. The van der Waals surface area contributed by atoms with Gasteiger partial charge in [0.25, 0.3) is 0 Å². The van der Waals surface area contributed by atoms with Crippen LogP contribution < -0.4 is 10.6 Å². The highest BCUT2D eigenvalue weighted by atomic mass is 16.2. The van der Waals surface area contributed by atoms with Gasteiger partial charge >= 0.3 is 11.8 Å². The second-order valence-electron chi connectivity index (χ2n) is 3.93. The van der Waals surface area contributed by atoms with Crippen LogP contribution in [0.2, 0.25) is 0 Å². The zero-order valence-electron chi connectivity index (χ0n) is 9.39. The van der Waals surface area contributed by atoms with Gasteiger partial charge in [-0.25, -0.2) is 0 Å². The fourth-order valence-electron chi connectivity index (χ4n) is 1.25. The van der Waals surface area contributed by atoms with Gasteiger partial charge in [0.15, 0.2) is 0 Å². The fourth-order valence-corrected chi connectivity index (χ4v) is 1.25. The minimum Gasteiger partial charge on any atom is -0.343 e. The van der Waals surface area contributed by atoms with Gasteiger partial charge in [-0.3, -0.25) is 9.59 Å². The van der Waals surface area contributed by atoms with Gasteiger partial charge in [-0.1, -0.05) is 13.3 Å². The van der Waals surface area contributed by atoms with E-state index in [0.29, 0.717) is 0 Å². The molecule has 0 aliphatic carbocycles. The second kappa shape index (κ2) is 6.02. The Morgan fingerprint density at radius 1 is 1.33 bits per heavy atom. The maximum atomic E-state index is 11.3. The third-order valence-electron chi connectivity index (χ3n) is 1.86. The normalized spacial score (nSPS) is 10.3. The van der Waals surface area contributed by atoms with Crippen LogP contribution in [0.1, 0.15) is 33.6 Å². The lowest BCUT2D eigenvalue weighted by Crippen LogP contribution is -2.49. The molecule has 0 aromatic heterocycles. The van der Waals surface area contributed by atoms with Crippen molar-refractivity contribution in [1.29, 1.82) is 5.26 Å². The van der Waals surface area contributed by atoms with E-state index in [1.54, 1.807) is 6.07 Å². The number of rotatable bonds is 4. The summed E-state index contributed by atoms with van der Waals surface area (Å²) >= 11 is 0. The summed E-state index contributed by atoms with van der Waals surface area (Å²) in [5.74, 6) is -1.45. The van der Waals surface area contributed by atoms with Gasteiger partial charge in [-0.2, -0.15) is 5.26 Å². The molecule has 0 spiro atoms. The predicted octanol–water partition coefficient (Wildman–Crippen LogP) is 0.321. The van der Waals surface area contributed by atoms with Crippen molar-refractivity contribution in [3.63, 3.8) is 0 Å². The minimum absolute atomic E-state index is 0.152. The maximum Gasteiger partial charge on any atom is 0.310 e. The first-order valence-electron chi connectivity index (χ1n) is 4.90. The standard InChI is InChI=1S/C10H17N3O2/c1-4-5-10(2,3)13-9(15)8(14)12-7-6-11/h4-5,7H2,1-3H3,(H,12,14)(H,13,15). The van der Waals surface area contributed by atoms with Crippen LogP contribution >= 0.6 is 0 Å². The van der Waals surface area contributed by atoms with E-state index in [9.17, 15) is 9.59 Å². The topological polar surface area (TPSA) is 82.0 Å². The number of carbonyl (C=O) groups excluding carboxylic acids is 2. The summed E-state index contributed by atoms with van der Waals surface area (Å²) in [7, 11) is 0. The quantitative estimate of drug-likeness (QED) is 0.519. The van der Waals surface area contributed by atoms with E-state index in [4.69, 9.17) is 5.26 Å². The van der Waals surface area contributed by atoms with E-state index >= 15 is 0 Å². The van der Waals surface area contributed by atoms with Crippen LogP contribution in [0.5, 0.6) is 0 Å². The molecule has 0 rings (SSSR count). The molecule has 0 aromatic carbocycles. The third kappa shape index (κ3) is 5.68. The number of nitrogens with one attached hydrogen (secondary N) is 2. The monoisotopic (exact) mass is 211 g/mol. The summed E-state index contributed by atoms with van der Waals surface area (Å²) in [4.78, 5) is 22.4. The molecule has 2 amide bonds. The first-order chi connectivity index (χ1) is 6.93. The molecule has 0 radical (unpaired) electrons. The smallest absolute Gasteiger partial charge is 0.310 e. The summed E-state index contributed by atoms with van der Waals surface area (Å²) < 4.78 is 0. The summed E-state index contributed by atoms with van der Waals surface area (Å²) in [6, 6.07) is 1.73. The van der Waals surface area contributed by atoms with Gasteiger partial charge in [0.1, 0.15) is 6.54 Å². The first-order valence-corrected chi connectivity index (χ1v) is 4.90. The van der Waals surface area contributed by atoms with E-state index in [-0.39, 0.29) is 6.54 Å². The third-order valence-corrected chi connectivity index (χ3v) is 1.86. The minimum atomic E-state index is -0.763. The summed E-state index contributed by atoms with van der Waals surface area (Å²) in [5, 5.41) is 13.0. The van der Waals surface area contributed by atoms with Crippen LogP contribution in [-0.4, -0.2) is 23.9 Å². The molecule has 5 nitrogen and oxygen atoms in total. The van der Waals surface area contributed by atoms with Gasteiger partial charge < -0.3 is 10.6 Å². The number of hydrogen-bond acceptors (Lipinski definition) is 3. The molecule has 5 heteroatoms. The predicted molar refractivity (Wildman–Crippen MR) is 55.8 cm³/mol. The lowest BCUT2D eigenvalue weighted by atomic mass is 9.99. The van der Waals surface area contributed by atoms with Crippen molar-refractivity contribution < 1.29 is 9.59 Å². The molecular weight excluding hydrogens is 194 g/mol. The van der Waals surface area contributed by atoms with Crippen molar-refractivity contribution in [3.05, 3.63) is 0 Å². The average molecular weight is 211 g/mol. The van der Waals surface area contributed by atoms with Gasteiger partial charge in [-0.15, -0.1) is 0 Å². The van der Waals surface area contributed by atoms with Crippen LogP contribution in [0.25, 0.3) is 0 Å². The van der Waals surface area contributed by atoms with Crippen LogP contribution in [0, 0.1) is 11.3 Å². The Balaban J connectivity index is 4.13. The highest BCUT2D eigenvalue weighted by Gasteiger charge is 2.23. The Labute approximate surface area is 89.8 Å². The molecule has 0 bridgehead atoms. The van der Waals surface area contributed by atoms with Crippen molar-refractivity contribution in [2.75, 3.05) is 6.54 Å². The van der Waals surface area contributed by atoms with Gasteiger partial charge in [0, 0.05) is 5.54 Å². The van der Waals surface area contributed by atoms with E-state index in [1.807, 2.05) is 20.8 Å². The average Bonchev–Trinajstić information content (AvgIpc) is 2.13. The lowest BCUT2D eigenvalue weighted by Gasteiger charge is -2.25. The summed E-state index contributed by atoms with van der Waals surface area (Å²) in [5.41, 5.74) is -0.393. The molecule has 0 aliphatic heterocycles.